The Bertz CT molecular complexity index is 1310. The first-order valence-corrected chi connectivity index (χ1v) is 11.4. The molecule has 1 fully saturated rings. The molecule has 3 aromatic carbocycles. The number of nitrogens with one attached hydrogen (secondary N) is 1. The summed E-state index contributed by atoms with van der Waals surface area (Å²) in [6.07, 6.45) is 1.57. The fourth-order valence-electron chi connectivity index (χ4n) is 4.57. The third-order valence-corrected chi connectivity index (χ3v) is 6.65. The Morgan fingerprint density at radius 1 is 0.971 bits per heavy atom. The van der Waals surface area contributed by atoms with Crippen LogP contribution in [0.2, 0.25) is 0 Å². The molecule has 1 aliphatic heterocycles. The zero-order valence-corrected chi connectivity index (χ0v) is 19.6. The molecule has 0 radical (unpaired) electrons. The molecule has 2 amide bonds. The van der Waals surface area contributed by atoms with Crippen LogP contribution >= 0.6 is 0 Å². The quantitative estimate of drug-likeness (QED) is 0.515. The Balaban J connectivity index is 0.00000180. The van der Waals surface area contributed by atoms with E-state index in [4.69, 9.17) is 15.2 Å². The number of amides is 2. The Morgan fingerprint density at radius 2 is 1.74 bits per heavy atom. The van der Waals surface area contributed by atoms with E-state index in [1.165, 1.54) is 0 Å². The van der Waals surface area contributed by atoms with Crippen LogP contribution in [-0.2, 0) is 15.6 Å². The van der Waals surface area contributed by atoms with Gasteiger partial charge in [0, 0.05) is 14.1 Å². The Morgan fingerprint density at radius 3 is 2.44 bits per heavy atom. The predicted molar refractivity (Wildman–Crippen MR) is 135 cm³/mol. The fourth-order valence-corrected chi connectivity index (χ4v) is 4.57. The van der Waals surface area contributed by atoms with E-state index in [0.717, 1.165) is 35.1 Å². The van der Waals surface area contributed by atoms with Crippen molar-refractivity contribution >= 4 is 17.5 Å². The molecule has 5 rings (SSSR count). The number of carbonyl (C=O) groups is 2. The lowest BCUT2D eigenvalue weighted by Gasteiger charge is -2.24. The van der Waals surface area contributed by atoms with E-state index in [-0.39, 0.29) is 21.0 Å². The number of hydrogen-bond acceptors (Lipinski definition) is 4. The molecule has 2 aliphatic rings. The largest absolute Gasteiger partial charge is 0.454 e. The number of rotatable bonds is 5. The summed E-state index contributed by atoms with van der Waals surface area (Å²) in [5, 5.41) is 3.13. The first-order valence-electron chi connectivity index (χ1n) is 11.4. The lowest BCUT2D eigenvalue weighted by Crippen LogP contribution is -2.28. The van der Waals surface area contributed by atoms with Crippen molar-refractivity contribution in [1.29, 1.82) is 0 Å². The predicted octanol–water partition coefficient (Wildman–Crippen LogP) is 5.64. The van der Waals surface area contributed by atoms with Crippen molar-refractivity contribution in [3.8, 4) is 22.6 Å². The van der Waals surface area contributed by atoms with E-state index < -0.39 is 11.3 Å². The number of hydrogen-bond donors (Lipinski definition) is 2. The Kier molecular flexibility index (Phi) is 5.12. The number of anilines is 1. The first-order chi connectivity index (χ1) is 16.2. The molecule has 0 unspecified atom stereocenters. The van der Waals surface area contributed by atoms with Crippen LogP contribution in [0, 0.1) is 0 Å². The van der Waals surface area contributed by atoms with Crippen molar-refractivity contribution in [1.82, 2.24) is 0 Å². The molecule has 34 heavy (non-hydrogen) atoms. The van der Waals surface area contributed by atoms with Crippen LogP contribution in [-0.4, -0.2) is 18.6 Å². The molecule has 3 aromatic rings. The molecule has 1 heterocycles. The van der Waals surface area contributed by atoms with Gasteiger partial charge in [0.15, 0.2) is 11.5 Å². The second kappa shape index (κ2) is 7.90. The second-order valence-electron chi connectivity index (χ2n) is 10.1. The summed E-state index contributed by atoms with van der Waals surface area (Å²) in [6, 6.07) is 19.0. The highest BCUT2D eigenvalue weighted by atomic mass is 16.7. The summed E-state index contributed by atoms with van der Waals surface area (Å²) < 4.78 is 10.9. The molecular formula is C28H32N2O4. The molecule has 1 aliphatic carbocycles. The standard InChI is InChI=1S/C28H28N2O4.2H2/c1-27(2,3)22-9-8-20(15-21(22)17-5-4-6-18(13-17)25(29)31)30-26(32)28(11-12-28)19-7-10-23-24(14-19)34-16-33-23;;/h4-10,13-15H,11-12,16H2,1-3H3,(H2,29,31)(H,30,32);2*1H. The topological polar surface area (TPSA) is 90.7 Å². The second-order valence-corrected chi connectivity index (χ2v) is 10.1. The smallest absolute Gasteiger partial charge is 0.248 e. The Labute approximate surface area is 202 Å². The number of nitrogens with two attached hydrogens (primary N) is 1. The SMILES string of the molecule is CC(C)(C)c1ccc(NC(=O)C2(c3ccc4c(c3)OCO4)CC2)cc1-c1cccc(C(N)=O)c1.[HH].[HH]. The lowest BCUT2D eigenvalue weighted by atomic mass is 9.81. The zero-order chi connectivity index (χ0) is 24.1. The van der Waals surface area contributed by atoms with Crippen molar-refractivity contribution < 1.29 is 21.9 Å². The van der Waals surface area contributed by atoms with Crippen molar-refractivity contribution in [3.05, 3.63) is 77.4 Å². The highest BCUT2D eigenvalue weighted by molar-refractivity contribution is 6.02. The summed E-state index contributed by atoms with van der Waals surface area (Å²) in [4.78, 5) is 25.2. The summed E-state index contributed by atoms with van der Waals surface area (Å²) >= 11 is 0. The van der Waals surface area contributed by atoms with Crippen LogP contribution in [0.4, 0.5) is 5.69 Å². The average Bonchev–Trinajstić information content (AvgIpc) is 3.49. The average molecular weight is 461 g/mol. The van der Waals surface area contributed by atoms with Gasteiger partial charge in [0.1, 0.15) is 0 Å². The highest BCUT2D eigenvalue weighted by Crippen LogP contribution is 2.51. The van der Waals surface area contributed by atoms with Gasteiger partial charge in [0.25, 0.3) is 0 Å². The Hall–Kier alpha value is -3.80. The normalized spacial score (nSPS) is 15.6. The van der Waals surface area contributed by atoms with E-state index in [0.29, 0.717) is 22.7 Å². The van der Waals surface area contributed by atoms with Crippen LogP contribution in [0.25, 0.3) is 11.1 Å². The minimum Gasteiger partial charge on any atom is -0.454 e. The molecule has 0 saturated heterocycles. The molecule has 0 spiro atoms. The van der Waals surface area contributed by atoms with Gasteiger partial charge in [0.2, 0.25) is 18.6 Å². The van der Waals surface area contributed by atoms with Gasteiger partial charge < -0.3 is 20.5 Å². The van der Waals surface area contributed by atoms with Gasteiger partial charge in [-0.1, -0.05) is 45.0 Å². The van der Waals surface area contributed by atoms with E-state index in [1.54, 1.807) is 12.1 Å². The molecule has 3 N–H and O–H groups in total. The number of ether oxygens (including phenoxy) is 2. The van der Waals surface area contributed by atoms with Crippen molar-refractivity contribution in [2.75, 3.05) is 12.1 Å². The minimum atomic E-state index is -0.560. The minimum absolute atomic E-state index is 0. The maximum Gasteiger partial charge on any atom is 0.248 e. The summed E-state index contributed by atoms with van der Waals surface area (Å²) in [5.41, 5.74) is 9.88. The molecule has 1 saturated carbocycles. The maximum absolute atomic E-state index is 13.4. The summed E-state index contributed by atoms with van der Waals surface area (Å²) in [6.45, 7) is 6.63. The fraction of sp³-hybridized carbons (Fsp3) is 0.286. The molecule has 178 valence electrons. The summed E-state index contributed by atoms with van der Waals surface area (Å²) in [5.74, 6) is 0.887. The van der Waals surface area contributed by atoms with Gasteiger partial charge in [-0.15, -0.1) is 0 Å². The van der Waals surface area contributed by atoms with Gasteiger partial charge in [-0.2, -0.15) is 0 Å². The van der Waals surface area contributed by atoms with E-state index in [2.05, 4.69) is 26.1 Å². The van der Waals surface area contributed by atoms with Gasteiger partial charge in [-0.3, -0.25) is 9.59 Å². The van der Waals surface area contributed by atoms with Gasteiger partial charge in [-0.25, -0.2) is 0 Å². The van der Waals surface area contributed by atoms with Crippen LogP contribution in [0.5, 0.6) is 11.5 Å². The van der Waals surface area contributed by atoms with Crippen molar-refractivity contribution in [3.63, 3.8) is 0 Å². The van der Waals surface area contributed by atoms with Crippen LogP contribution in [0.3, 0.4) is 0 Å². The molecular weight excluding hydrogens is 428 g/mol. The number of benzene rings is 3. The lowest BCUT2D eigenvalue weighted by molar-refractivity contribution is -0.118. The maximum atomic E-state index is 13.4. The van der Waals surface area contributed by atoms with Crippen LogP contribution in [0.1, 0.15) is 58.0 Å². The molecule has 6 heteroatoms. The van der Waals surface area contributed by atoms with Crippen LogP contribution in [0.15, 0.2) is 60.7 Å². The highest BCUT2D eigenvalue weighted by Gasteiger charge is 2.51. The first kappa shape index (κ1) is 22.0. The van der Waals surface area contributed by atoms with Gasteiger partial charge >= 0.3 is 0 Å². The zero-order valence-electron chi connectivity index (χ0n) is 19.6. The number of primary amides is 1. The number of carbonyl (C=O) groups excluding carboxylic acids is 2. The third-order valence-electron chi connectivity index (χ3n) is 6.65. The van der Waals surface area contributed by atoms with E-state index in [1.807, 2.05) is 48.5 Å². The third kappa shape index (κ3) is 3.89. The van der Waals surface area contributed by atoms with Gasteiger partial charge in [-0.05, 0) is 76.9 Å². The molecule has 0 bridgehead atoms. The monoisotopic (exact) mass is 460 g/mol. The number of fused-ring (bicyclic) bond motifs is 1. The van der Waals surface area contributed by atoms with E-state index >= 15 is 0 Å². The molecule has 0 atom stereocenters. The molecule has 0 aromatic heterocycles. The van der Waals surface area contributed by atoms with Gasteiger partial charge in [0.05, 0.1) is 5.41 Å². The molecule has 6 nitrogen and oxygen atoms in total. The van der Waals surface area contributed by atoms with Crippen molar-refractivity contribution in [2.45, 2.75) is 44.4 Å². The summed E-state index contributed by atoms with van der Waals surface area (Å²) in [7, 11) is 0. The van der Waals surface area contributed by atoms with E-state index in [9.17, 15) is 9.59 Å². The van der Waals surface area contributed by atoms with Crippen LogP contribution < -0.4 is 20.5 Å². The van der Waals surface area contributed by atoms with Crippen molar-refractivity contribution in [2.24, 2.45) is 5.73 Å².